The number of nitrogens with one attached hydrogen (secondary N) is 1. The maximum Gasteiger partial charge on any atom is 0.193 e. The zero-order valence-electron chi connectivity index (χ0n) is 17.2. The number of nitrogens with zero attached hydrogens (tertiary/aromatic N) is 3. The van der Waals surface area contributed by atoms with E-state index in [1.54, 1.807) is 0 Å². The van der Waals surface area contributed by atoms with Crippen LogP contribution in [0.1, 0.15) is 19.4 Å². The van der Waals surface area contributed by atoms with E-state index in [9.17, 15) is 0 Å². The fourth-order valence-electron chi connectivity index (χ4n) is 2.84. The Hall–Kier alpha value is -2.55. The van der Waals surface area contributed by atoms with Crippen molar-refractivity contribution >= 4 is 52.3 Å². The van der Waals surface area contributed by atoms with Gasteiger partial charge in [-0.25, -0.2) is 9.98 Å². The molecule has 7 heteroatoms. The Balaban J connectivity index is 0.00000300. The molecule has 29 heavy (non-hydrogen) atoms. The summed E-state index contributed by atoms with van der Waals surface area (Å²) in [6.07, 6.45) is 0.146. The number of guanidine groups is 1. The van der Waals surface area contributed by atoms with Crippen molar-refractivity contribution in [2.24, 2.45) is 10.7 Å². The van der Waals surface area contributed by atoms with Gasteiger partial charge in [-0.2, -0.15) is 0 Å². The number of hydrogen-bond donors (Lipinski definition) is 2. The first-order valence-corrected chi connectivity index (χ1v) is 9.32. The van der Waals surface area contributed by atoms with Crippen molar-refractivity contribution in [3.8, 4) is 5.75 Å². The highest BCUT2D eigenvalue weighted by Crippen LogP contribution is 2.23. The van der Waals surface area contributed by atoms with Crippen molar-refractivity contribution < 1.29 is 4.74 Å². The van der Waals surface area contributed by atoms with E-state index >= 15 is 0 Å². The van der Waals surface area contributed by atoms with Gasteiger partial charge in [-0.15, -0.1) is 24.0 Å². The molecule has 3 aromatic rings. The third-order valence-corrected chi connectivity index (χ3v) is 4.16. The molecular formula is C22H28IN5O. The number of pyridine rings is 1. The lowest BCUT2D eigenvalue weighted by atomic mass is 10.1. The maximum absolute atomic E-state index is 6.10. The highest BCUT2D eigenvalue weighted by atomic mass is 127. The average molecular weight is 505 g/mol. The van der Waals surface area contributed by atoms with Crippen LogP contribution in [0.25, 0.3) is 10.9 Å². The maximum atomic E-state index is 6.10. The van der Waals surface area contributed by atoms with Gasteiger partial charge in [-0.3, -0.25) is 0 Å². The predicted octanol–water partition coefficient (Wildman–Crippen LogP) is 4.63. The van der Waals surface area contributed by atoms with E-state index in [2.05, 4.69) is 27.4 Å². The van der Waals surface area contributed by atoms with Gasteiger partial charge >= 0.3 is 0 Å². The standard InChI is InChI=1S/C22H27N5O.HI/c1-15(2)28-18-11-9-17(10-12-18)25-22(23)24-14-16-13-21(27(3)4)26-20-8-6-5-7-19(16)20;/h5-13,15H,14H2,1-4H3,(H3,23,24,25);1H. The van der Waals surface area contributed by atoms with Crippen LogP contribution in [0.5, 0.6) is 5.75 Å². The van der Waals surface area contributed by atoms with E-state index in [0.29, 0.717) is 12.5 Å². The van der Waals surface area contributed by atoms with Crippen LogP contribution in [0.15, 0.2) is 59.6 Å². The van der Waals surface area contributed by atoms with E-state index < -0.39 is 0 Å². The highest BCUT2D eigenvalue weighted by Gasteiger charge is 2.07. The summed E-state index contributed by atoms with van der Waals surface area (Å²) in [7, 11) is 3.96. The number of fused-ring (bicyclic) bond motifs is 1. The van der Waals surface area contributed by atoms with Gasteiger partial charge in [0.15, 0.2) is 5.96 Å². The lowest BCUT2D eigenvalue weighted by Gasteiger charge is -2.14. The molecule has 0 saturated heterocycles. The summed E-state index contributed by atoms with van der Waals surface area (Å²) >= 11 is 0. The van der Waals surface area contributed by atoms with E-state index in [-0.39, 0.29) is 30.1 Å². The predicted molar refractivity (Wildman–Crippen MR) is 133 cm³/mol. The first-order chi connectivity index (χ1) is 13.4. The zero-order chi connectivity index (χ0) is 20.1. The largest absolute Gasteiger partial charge is 0.491 e. The van der Waals surface area contributed by atoms with Gasteiger partial charge in [0.05, 0.1) is 18.2 Å². The molecule has 0 aliphatic heterocycles. The van der Waals surface area contributed by atoms with Gasteiger partial charge in [-0.1, -0.05) is 18.2 Å². The Morgan fingerprint density at radius 2 is 1.83 bits per heavy atom. The Bertz CT molecular complexity index is 971. The van der Waals surface area contributed by atoms with E-state index in [4.69, 9.17) is 10.5 Å². The third-order valence-electron chi connectivity index (χ3n) is 4.16. The summed E-state index contributed by atoms with van der Waals surface area (Å²) in [6, 6.07) is 17.8. The molecule has 2 aromatic carbocycles. The molecule has 6 nitrogen and oxygen atoms in total. The second-order valence-corrected chi connectivity index (χ2v) is 7.07. The Morgan fingerprint density at radius 1 is 1.14 bits per heavy atom. The van der Waals surface area contributed by atoms with Crippen LogP contribution >= 0.6 is 24.0 Å². The van der Waals surface area contributed by atoms with E-state index in [1.807, 2.05) is 75.3 Å². The van der Waals surface area contributed by atoms with E-state index in [0.717, 1.165) is 33.7 Å². The number of hydrogen-bond acceptors (Lipinski definition) is 4. The number of nitrogens with two attached hydrogens (primary N) is 1. The van der Waals surface area contributed by atoms with Gasteiger partial charge in [0.1, 0.15) is 11.6 Å². The molecule has 0 unspecified atom stereocenters. The van der Waals surface area contributed by atoms with Crippen molar-refractivity contribution in [2.45, 2.75) is 26.5 Å². The van der Waals surface area contributed by atoms with Crippen LogP contribution in [0.2, 0.25) is 0 Å². The van der Waals surface area contributed by atoms with E-state index in [1.165, 1.54) is 0 Å². The fourth-order valence-corrected chi connectivity index (χ4v) is 2.84. The Labute approximate surface area is 189 Å². The number of anilines is 2. The van der Waals surface area contributed by atoms with Crippen molar-refractivity contribution in [1.82, 2.24) is 4.98 Å². The molecule has 0 amide bonds. The number of para-hydroxylation sites is 1. The minimum atomic E-state index is 0. The molecule has 0 aliphatic rings. The van der Waals surface area contributed by atoms with Crippen LogP contribution in [0.4, 0.5) is 11.5 Å². The summed E-state index contributed by atoms with van der Waals surface area (Å²) in [5.41, 5.74) is 9.00. The third kappa shape index (κ3) is 6.22. The van der Waals surface area contributed by atoms with Crippen LogP contribution in [0, 0.1) is 0 Å². The first kappa shape index (κ1) is 22.7. The molecule has 0 spiro atoms. The molecule has 0 radical (unpaired) electrons. The molecule has 0 fully saturated rings. The molecule has 1 heterocycles. The smallest absolute Gasteiger partial charge is 0.193 e. The molecule has 0 saturated carbocycles. The van der Waals surface area contributed by atoms with Gasteiger partial charge in [0.2, 0.25) is 0 Å². The lowest BCUT2D eigenvalue weighted by molar-refractivity contribution is 0.242. The number of aliphatic imine (C=N–C) groups is 1. The second-order valence-electron chi connectivity index (χ2n) is 7.07. The van der Waals surface area contributed by atoms with Crippen LogP contribution < -0.4 is 20.7 Å². The Kier molecular flexibility index (Phi) is 8.07. The van der Waals surface area contributed by atoms with Crippen molar-refractivity contribution in [2.75, 3.05) is 24.3 Å². The van der Waals surface area contributed by atoms with Crippen LogP contribution in [0.3, 0.4) is 0 Å². The molecule has 3 N–H and O–H groups in total. The lowest BCUT2D eigenvalue weighted by Crippen LogP contribution is -2.22. The number of aromatic nitrogens is 1. The molecular weight excluding hydrogens is 477 g/mol. The normalized spacial score (nSPS) is 11.3. The fraction of sp³-hybridized carbons (Fsp3) is 0.273. The summed E-state index contributed by atoms with van der Waals surface area (Å²) in [5.74, 6) is 2.09. The average Bonchev–Trinajstić information content (AvgIpc) is 2.67. The molecule has 0 aliphatic carbocycles. The van der Waals surface area contributed by atoms with Gasteiger partial charge in [-0.05, 0) is 55.8 Å². The van der Waals surface area contributed by atoms with Crippen molar-refractivity contribution in [3.63, 3.8) is 0 Å². The zero-order valence-corrected chi connectivity index (χ0v) is 19.5. The van der Waals surface area contributed by atoms with Gasteiger partial charge in [0, 0.05) is 25.2 Å². The topological polar surface area (TPSA) is 75.8 Å². The van der Waals surface area contributed by atoms with Gasteiger partial charge in [0.25, 0.3) is 0 Å². The minimum absolute atomic E-state index is 0. The van der Waals surface area contributed by atoms with Crippen LogP contribution in [-0.2, 0) is 6.54 Å². The number of ether oxygens (including phenoxy) is 1. The molecule has 154 valence electrons. The molecule has 0 bridgehead atoms. The minimum Gasteiger partial charge on any atom is -0.491 e. The SMILES string of the molecule is CC(C)Oc1ccc(NC(N)=NCc2cc(N(C)C)nc3ccccc23)cc1.I. The number of benzene rings is 2. The summed E-state index contributed by atoms with van der Waals surface area (Å²) in [5, 5.41) is 4.21. The quantitative estimate of drug-likeness (QED) is 0.290. The Morgan fingerprint density at radius 3 is 2.48 bits per heavy atom. The molecule has 3 rings (SSSR count). The number of rotatable bonds is 6. The first-order valence-electron chi connectivity index (χ1n) is 9.32. The highest BCUT2D eigenvalue weighted by molar-refractivity contribution is 14.0. The summed E-state index contributed by atoms with van der Waals surface area (Å²) in [6.45, 7) is 4.47. The molecule has 1 aromatic heterocycles. The second kappa shape index (κ2) is 10.3. The monoisotopic (exact) mass is 505 g/mol. The summed E-state index contributed by atoms with van der Waals surface area (Å²) < 4.78 is 5.65. The van der Waals surface area contributed by atoms with Gasteiger partial charge < -0.3 is 20.7 Å². The summed E-state index contributed by atoms with van der Waals surface area (Å²) in [4.78, 5) is 11.2. The molecule has 0 atom stereocenters. The van der Waals surface area contributed by atoms with Crippen molar-refractivity contribution in [1.29, 1.82) is 0 Å². The van der Waals surface area contributed by atoms with Crippen LogP contribution in [-0.4, -0.2) is 31.1 Å². The number of halogens is 1. The van der Waals surface area contributed by atoms with Crippen molar-refractivity contribution in [3.05, 3.63) is 60.2 Å².